The van der Waals surface area contributed by atoms with E-state index in [4.69, 9.17) is 0 Å². The third-order valence-electron chi connectivity index (χ3n) is 2.68. The van der Waals surface area contributed by atoms with Gasteiger partial charge in [-0.3, -0.25) is 9.59 Å². The maximum atomic E-state index is 11.7. The lowest BCUT2D eigenvalue weighted by Gasteiger charge is -2.16. The zero-order valence-electron chi connectivity index (χ0n) is 11.5. The first-order chi connectivity index (χ1) is 9.13. The van der Waals surface area contributed by atoms with E-state index >= 15 is 0 Å². The maximum absolute atomic E-state index is 11.7. The van der Waals surface area contributed by atoms with Crippen LogP contribution in [0, 0.1) is 0 Å². The number of amides is 2. The molecule has 1 aromatic rings. The first-order valence-electron chi connectivity index (χ1n) is 6.37. The van der Waals surface area contributed by atoms with Crippen molar-refractivity contribution in [3.63, 3.8) is 0 Å². The molecule has 1 aromatic carbocycles. The summed E-state index contributed by atoms with van der Waals surface area (Å²) in [5, 5.41) is 5.74. The highest BCUT2D eigenvalue weighted by Gasteiger charge is 2.12. The summed E-state index contributed by atoms with van der Waals surface area (Å²) >= 11 is 0. The van der Waals surface area contributed by atoms with Crippen LogP contribution in [0.4, 0.5) is 5.69 Å². The molecule has 19 heavy (non-hydrogen) atoms. The summed E-state index contributed by atoms with van der Waals surface area (Å²) in [6.07, 6.45) is 1.23. The molecule has 0 saturated carbocycles. The van der Waals surface area contributed by atoms with Crippen molar-refractivity contribution in [2.24, 2.45) is 0 Å². The van der Waals surface area contributed by atoms with Crippen LogP contribution >= 0.6 is 0 Å². The van der Waals surface area contributed by atoms with Crippen LogP contribution in [0.25, 0.3) is 0 Å². The molecular formula is C14H21N3O2. The molecule has 0 atom stereocenters. The second-order valence-corrected chi connectivity index (χ2v) is 4.37. The number of likely N-dealkylation sites (N-methyl/N-ethyl adjacent to an activating group) is 1. The summed E-state index contributed by atoms with van der Waals surface area (Å²) in [6, 6.07) is 9.21. The molecule has 0 aliphatic rings. The van der Waals surface area contributed by atoms with E-state index in [0.29, 0.717) is 6.42 Å². The van der Waals surface area contributed by atoms with Crippen LogP contribution in [0.3, 0.4) is 0 Å². The topological polar surface area (TPSA) is 61.4 Å². The zero-order valence-corrected chi connectivity index (χ0v) is 11.5. The van der Waals surface area contributed by atoms with Gasteiger partial charge in [0, 0.05) is 19.2 Å². The zero-order chi connectivity index (χ0) is 14.1. The molecule has 5 nitrogen and oxygen atoms in total. The van der Waals surface area contributed by atoms with Gasteiger partial charge < -0.3 is 15.5 Å². The Kier molecular flexibility index (Phi) is 6.60. The van der Waals surface area contributed by atoms with Crippen molar-refractivity contribution >= 4 is 17.5 Å². The molecule has 0 fully saturated rings. The highest BCUT2D eigenvalue weighted by Crippen LogP contribution is 2.05. The first-order valence-corrected chi connectivity index (χ1v) is 6.37. The SMILES string of the molecule is CNCCCC(=O)N(C)CC(=O)Nc1ccccc1. The van der Waals surface area contributed by atoms with Crippen molar-refractivity contribution in [1.29, 1.82) is 0 Å². The Balaban J connectivity index is 2.33. The average Bonchev–Trinajstić information content (AvgIpc) is 2.39. The predicted molar refractivity (Wildman–Crippen MR) is 75.9 cm³/mol. The molecule has 0 heterocycles. The molecule has 0 spiro atoms. The Morgan fingerprint density at radius 1 is 1.21 bits per heavy atom. The van der Waals surface area contributed by atoms with E-state index in [1.165, 1.54) is 4.90 Å². The van der Waals surface area contributed by atoms with E-state index in [0.717, 1.165) is 18.7 Å². The maximum Gasteiger partial charge on any atom is 0.243 e. The van der Waals surface area contributed by atoms with Gasteiger partial charge in [-0.15, -0.1) is 0 Å². The molecule has 5 heteroatoms. The van der Waals surface area contributed by atoms with Crippen molar-refractivity contribution in [3.8, 4) is 0 Å². The summed E-state index contributed by atoms with van der Waals surface area (Å²) in [4.78, 5) is 24.9. The monoisotopic (exact) mass is 263 g/mol. The van der Waals surface area contributed by atoms with E-state index in [1.807, 2.05) is 37.4 Å². The van der Waals surface area contributed by atoms with E-state index in [1.54, 1.807) is 7.05 Å². The second kappa shape index (κ2) is 8.26. The molecule has 0 saturated heterocycles. The molecule has 0 aliphatic carbocycles. The van der Waals surface area contributed by atoms with E-state index < -0.39 is 0 Å². The fourth-order valence-corrected chi connectivity index (χ4v) is 1.63. The van der Waals surface area contributed by atoms with Gasteiger partial charge in [0.15, 0.2) is 0 Å². The van der Waals surface area contributed by atoms with Crippen LogP contribution in [0.15, 0.2) is 30.3 Å². The van der Waals surface area contributed by atoms with Gasteiger partial charge in [0.1, 0.15) is 0 Å². The summed E-state index contributed by atoms with van der Waals surface area (Å²) < 4.78 is 0. The van der Waals surface area contributed by atoms with Crippen molar-refractivity contribution in [2.45, 2.75) is 12.8 Å². The van der Waals surface area contributed by atoms with Crippen molar-refractivity contribution in [2.75, 3.05) is 32.5 Å². The molecule has 2 N–H and O–H groups in total. The molecule has 0 radical (unpaired) electrons. The fraction of sp³-hybridized carbons (Fsp3) is 0.429. The number of carbonyl (C=O) groups excluding carboxylic acids is 2. The minimum Gasteiger partial charge on any atom is -0.336 e. The van der Waals surface area contributed by atoms with E-state index in [-0.39, 0.29) is 18.4 Å². The van der Waals surface area contributed by atoms with Crippen LogP contribution < -0.4 is 10.6 Å². The normalized spacial score (nSPS) is 10.0. The van der Waals surface area contributed by atoms with Crippen LogP contribution in [0.2, 0.25) is 0 Å². The number of hydrogen-bond donors (Lipinski definition) is 2. The molecule has 104 valence electrons. The quantitative estimate of drug-likeness (QED) is 0.724. The summed E-state index contributed by atoms with van der Waals surface area (Å²) in [5.74, 6) is -0.200. The minimum atomic E-state index is -0.185. The summed E-state index contributed by atoms with van der Waals surface area (Å²) in [6.45, 7) is 0.878. The van der Waals surface area contributed by atoms with Gasteiger partial charge in [-0.1, -0.05) is 18.2 Å². The standard InChI is InChI=1S/C14H21N3O2/c1-15-10-6-9-14(19)17(2)11-13(18)16-12-7-4-3-5-8-12/h3-5,7-8,15H,6,9-11H2,1-2H3,(H,16,18). The van der Waals surface area contributed by atoms with E-state index in [2.05, 4.69) is 10.6 Å². The molecule has 2 amide bonds. The third kappa shape index (κ3) is 6.01. The van der Waals surface area contributed by atoms with Gasteiger partial charge in [0.25, 0.3) is 0 Å². The Morgan fingerprint density at radius 2 is 1.89 bits per heavy atom. The van der Waals surface area contributed by atoms with Crippen LogP contribution in [0.5, 0.6) is 0 Å². The van der Waals surface area contributed by atoms with Gasteiger partial charge >= 0.3 is 0 Å². The number of rotatable bonds is 7. The van der Waals surface area contributed by atoms with Gasteiger partial charge in [-0.2, -0.15) is 0 Å². The Morgan fingerprint density at radius 3 is 2.53 bits per heavy atom. The lowest BCUT2D eigenvalue weighted by Crippen LogP contribution is -2.35. The van der Waals surface area contributed by atoms with Gasteiger partial charge in [-0.25, -0.2) is 0 Å². The summed E-state index contributed by atoms with van der Waals surface area (Å²) in [5.41, 5.74) is 0.739. The Bertz CT molecular complexity index is 406. The van der Waals surface area contributed by atoms with Gasteiger partial charge in [-0.05, 0) is 32.1 Å². The van der Waals surface area contributed by atoms with Crippen molar-refractivity contribution < 1.29 is 9.59 Å². The van der Waals surface area contributed by atoms with Crippen molar-refractivity contribution in [1.82, 2.24) is 10.2 Å². The number of hydrogen-bond acceptors (Lipinski definition) is 3. The molecule has 0 aliphatic heterocycles. The van der Waals surface area contributed by atoms with Crippen molar-refractivity contribution in [3.05, 3.63) is 30.3 Å². The van der Waals surface area contributed by atoms with Crippen LogP contribution in [-0.4, -0.2) is 43.9 Å². The Hall–Kier alpha value is -1.88. The highest BCUT2D eigenvalue weighted by molar-refractivity contribution is 5.94. The minimum absolute atomic E-state index is 0.0153. The molecular weight excluding hydrogens is 242 g/mol. The number of carbonyl (C=O) groups is 2. The average molecular weight is 263 g/mol. The number of benzene rings is 1. The first kappa shape index (κ1) is 15.2. The largest absolute Gasteiger partial charge is 0.336 e. The molecule has 0 unspecified atom stereocenters. The molecule has 0 bridgehead atoms. The number of anilines is 1. The number of nitrogens with one attached hydrogen (secondary N) is 2. The van der Waals surface area contributed by atoms with E-state index in [9.17, 15) is 9.59 Å². The smallest absolute Gasteiger partial charge is 0.243 e. The van der Waals surface area contributed by atoms with Gasteiger partial charge in [0.05, 0.1) is 6.54 Å². The van der Waals surface area contributed by atoms with Crippen LogP contribution in [-0.2, 0) is 9.59 Å². The fourth-order valence-electron chi connectivity index (χ4n) is 1.63. The van der Waals surface area contributed by atoms with Gasteiger partial charge in [0.2, 0.25) is 11.8 Å². The Labute approximate surface area is 114 Å². The highest BCUT2D eigenvalue weighted by atomic mass is 16.2. The lowest BCUT2D eigenvalue weighted by molar-refractivity contribution is -0.133. The second-order valence-electron chi connectivity index (χ2n) is 4.37. The summed E-state index contributed by atoms with van der Waals surface area (Å²) in [7, 11) is 3.49. The number of nitrogens with zero attached hydrogens (tertiary/aromatic N) is 1. The third-order valence-corrected chi connectivity index (χ3v) is 2.68. The van der Waals surface area contributed by atoms with Crippen LogP contribution in [0.1, 0.15) is 12.8 Å². The lowest BCUT2D eigenvalue weighted by atomic mass is 10.2. The molecule has 0 aromatic heterocycles. The molecule has 1 rings (SSSR count). The number of para-hydroxylation sites is 1. The predicted octanol–water partition coefficient (Wildman–Crippen LogP) is 1.08.